The second-order valence-corrected chi connectivity index (χ2v) is 9.88. The number of halogens is 1. The largest absolute Gasteiger partial charge is 0.489 e. The van der Waals surface area contributed by atoms with Crippen LogP contribution in [0.5, 0.6) is 5.75 Å². The van der Waals surface area contributed by atoms with Crippen molar-refractivity contribution in [2.24, 2.45) is 5.92 Å². The average Bonchev–Trinajstić information content (AvgIpc) is 3.11. The molecular weight excluding hydrogens is 404 g/mol. The molecule has 9 heteroatoms. The standard InChI is InChI=1S/C19H27ClN2O5S/c1-26-13-14-5-8-21(12-14)19(23)15-3-4-18(17(20)11-15)27-16-6-9-22(10-7-16)28(2,24)25/h3-4,11,14,16H,5-10,12-13H2,1-2H3. The summed E-state index contributed by atoms with van der Waals surface area (Å²) >= 11 is 6.36. The summed E-state index contributed by atoms with van der Waals surface area (Å²) in [5, 5.41) is 0.393. The van der Waals surface area contributed by atoms with Gasteiger partial charge in [-0.1, -0.05) is 11.6 Å². The summed E-state index contributed by atoms with van der Waals surface area (Å²) in [6.07, 6.45) is 3.29. The Hall–Kier alpha value is -1.35. The van der Waals surface area contributed by atoms with E-state index in [4.69, 9.17) is 21.1 Å². The fraction of sp³-hybridized carbons (Fsp3) is 0.632. The van der Waals surface area contributed by atoms with Gasteiger partial charge in [-0.3, -0.25) is 4.79 Å². The van der Waals surface area contributed by atoms with E-state index in [9.17, 15) is 13.2 Å². The molecule has 1 unspecified atom stereocenters. The molecule has 3 rings (SSSR count). The first-order chi connectivity index (χ1) is 13.3. The van der Waals surface area contributed by atoms with Crippen LogP contribution < -0.4 is 4.74 Å². The lowest BCUT2D eigenvalue weighted by Crippen LogP contribution is -2.41. The molecule has 0 bridgehead atoms. The van der Waals surface area contributed by atoms with Crippen LogP contribution in [0.1, 0.15) is 29.6 Å². The molecule has 0 saturated carbocycles. The minimum Gasteiger partial charge on any atom is -0.489 e. The van der Waals surface area contributed by atoms with Crippen LogP contribution >= 0.6 is 11.6 Å². The zero-order valence-electron chi connectivity index (χ0n) is 16.3. The van der Waals surface area contributed by atoms with Gasteiger partial charge in [-0.05, 0) is 37.5 Å². The Morgan fingerprint density at radius 1 is 1.21 bits per heavy atom. The number of carbonyl (C=O) groups is 1. The third-order valence-electron chi connectivity index (χ3n) is 5.32. The Kier molecular flexibility index (Phi) is 6.85. The molecule has 28 heavy (non-hydrogen) atoms. The number of amides is 1. The number of hydrogen-bond donors (Lipinski definition) is 0. The van der Waals surface area contributed by atoms with E-state index in [1.165, 1.54) is 10.6 Å². The molecule has 0 aromatic heterocycles. The summed E-state index contributed by atoms with van der Waals surface area (Å²) in [7, 11) is -1.49. The number of methoxy groups -OCH3 is 1. The molecule has 1 aromatic carbocycles. The Labute approximate surface area is 171 Å². The van der Waals surface area contributed by atoms with Gasteiger partial charge in [0.15, 0.2) is 0 Å². The van der Waals surface area contributed by atoms with Crippen LogP contribution in [0.15, 0.2) is 18.2 Å². The summed E-state index contributed by atoms with van der Waals surface area (Å²) in [4.78, 5) is 14.5. The Morgan fingerprint density at radius 3 is 2.54 bits per heavy atom. The summed E-state index contributed by atoms with van der Waals surface area (Å²) in [6.45, 7) is 2.96. The molecule has 0 N–H and O–H groups in total. The number of piperidine rings is 1. The first kappa shape index (κ1) is 21.4. The van der Waals surface area contributed by atoms with Gasteiger partial charge in [0, 0.05) is 44.8 Å². The van der Waals surface area contributed by atoms with Crippen molar-refractivity contribution >= 4 is 27.5 Å². The number of benzene rings is 1. The van der Waals surface area contributed by atoms with Crippen molar-refractivity contribution in [2.45, 2.75) is 25.4 Å². The van der Waals surface area contributed by atoms with E-state index >= 15 is 0 Å². The average molecular weight is 431 g/mol. The number of ether oxygens (including phenoxy) is 2. The zero-order valence-corrected chi connectivity index (χ0v) is 17.8. The van der Waals surface area contributed by atoms with E-state index in [0.29, 0.717) is 61.3 Å². The molecule has 0 radical (unpaired) electrons. The third-order valence-corrected chi connectivity index (χ3v) is 6.92. The van der Waals surface area contributed by atoms with Gasteiger partial charge in [-0.25, -0.2) is 12.7 Å². The van der Waals surface area contributed by atoms with Gasteiger partial charge in [-0.15, -0.1) is 0 Å². The first-order valence-electron chi connectivity index (χ1n) is 9.47. The van der Waals surface area contributed by atoms with Gasteiger partial charge in [0.1, 0.15) is 11.9 Å². The van der Waals surface area contributed by atoms with E-state index in [0.717, 1.165) is 13.0 Å². The minimum absolute atomic E-state index is 0.0338. The lowest BCUT2D eigenvalue weighted by molar-refractivity contribution is 0.0775. The fourth-order valence-corrected chi connectivity index (χ4v) is 4.86. The number of rotatable bonds is 6. The first-order valence-corrected chi connectivity index (χ1v) is 11.7. The van der Waals surface area contributed by atoms with E-state index in [-0.39, 0.29) is 12.0 Å². The molecule has 2 aliphatic heterocycles. The third kappa shape index (κ3) is 5.17. The van der Waals surface area contributed by atoms with Crippen LogP contribution in [-0.4, -0.2) is 75.8 Å². The number of likely N-dealkylation sites (tertiary alicyclic amines) is 1. The van der Waals surface area contributed by atoms with Gasteiger partial charge < -0.3 is 14.4 Å². The van der Waals surface area contributed by atoms with Crippen LogP contribution in [0.25, 0.3) is 0 Å². The molecule has 2 aliphatic rings. The predicted molar refractivity (Wildman–Crippen MR) is 107 cm³/mol. The molecule has 2 heterocycles. The quantitative estimate of drug-likeness (QED) is 0.691. The van der Waals surface area contributed by atoms with Crippen LogP contribution in [0.2, 0.25) is 5.02 Å². The highest BCUT2D eigenvalue weighted by molar-refractivity contribution is 7.88. The molecule has 2 fully saturated rings. The highest BCUT2D eigenvalue weighted by atomic mass is 35.5. The maximum atomic E-state index is 12.7. The Morgan fingerprint density at radius 2 is 1.93 bits per heavy atom. The SMILES string of the molecule is COCC1CCN(C(=O)c2ccc(OC3CCN(S(C)(=O)=O)CC3)c(Cl)c2)C1. The molecule has 2 saturated heterocycles. The number of sulfonamides is 1. The normalized spacial score (nSPS) is 21.8. The van der Waals surface area contributed by atoms with E-state index < -0.39 is 10.0 Å². The maximum Gasteiger partial charge on any atom is 0.253 e. The van der Waals surface area contributed by atoms with E-state index in [1.54, 1.807) is 25.3 Å². The summed E-state index contributed by atoms with van der Waals surface area (Å²) in [6, 6.07) is 5.11. The number of hydrogen-bond acceptors (Lipinski definition) is 5. The molecule has 1 atom stereocenters. The molecular formula is C19H27ClN2O5S. The lowest BCUT2D eigenvalue weighted by atomic mass is 10.1. The fourth-order valence-electron chi connectivity index (χ4n) is 3.76. The lowest BCUT2D eigenvalue weighted by Gasteiger charge is -2.30. The zero-order chi connectivity index (χ0) is 20.3. The van der Waals surface area contributed by atoms with Gasteiger partial charge in [0.05, 0.1) is 17.9 Å². The molecule has 0 spiro atoms. The monoisotopic (exact) mass is 430 g/mol. The maximum absolute atomic E-state index is 12.7. The van der Waals surface area contributed by atoms with Gasteiger partial charge in [0.2, 0.25) is 10.0 Å². The van der Waals surface area contributed by atoms with Crippen LogP contribution in [-0.2, 0) is 14.8 Å². The van der Waals surface area contributed by atoms with E-state index in [2.05, 4.69) is 0 Å². The molecule has 156 valence electrons. The minimum atomic E-state index is -3.16. The number of carbonyl (C=O) groups excluding carboxylic acids is 1. The Balaban J connectivity index is 1.58. The van der Waals surface area contributed by atoms with Crippen molar-refractivity contribution in [3.63, 3.8) is 0 Å². The van der Waals surface area contributed by atoms with Crippen molar-refractivity contribution in [1.29, 1.82) is 0 Å². The predicted octanol–water partition coefficient (Wildman–Crippen LogP) is 2.25. The highest BCUT2D eigenvalue weighted by Crippen LogP contribution is 2.30. The Bertz CT molecular complexity index is 809. The van der Waals surface area contributed by atoms with E-state index in [1.807, 2.05) is 4.90 Å². The van der Waals surface area contributed by atoms with Crippen molar-refractivity contribution in [1.82, 2.24) is 9.21 Å². The van der Waals surface area contributed by atoms with Crippen molar-refractivity contribution in [3.8, 4) is 5.75 Å². The molecule has 0 aliphatic carbocycles. The second-order valence-electron chi connectivity index (χ2n) is 7.49. The summed E-state index contributed by atoms with van der Waals surface area (Å²) in [5.41, 5.74) is 0.544. The van der Waals surface area contributed by atoms with Gasteiger partial charge in [0.25, 0.3) is 5.91 Å². The van der Waals surface area contributed by atoms with Crippen LogP contribution in [0.3, 0.4) is 0 Å². The van der Waals surface area contributed by atoms with Crippen molar-refractivity contribution in [3.05, 3.63) is 28.8 Å². The molecule has 1 amide bonds. The molecule has 1 aromatic rings. The second kappa shape index (κ2) is 8.98. The van der Waals surface area contributed by atoms with Crippen LogP contribution in [0, 0.1) is 5.92 Å². The van der Waals surface area contributed by atoms with Gasteiger partial charge >= 0.3 is 0 Å². The topological polar surface area (TPSA) is 76.2 Å². The number of nitrogens with zero attached hydrogens (tertiary/aromatic N) is 2. The smallest absolute Gasteiger partial charge is 0.253 e. The van der Waals surface area contributed by atoms with Crippen LogP contribution in [0.4, 0.5) is 0 Å². The summed E-state index contributed by atoms with van der Waals surface area (Å²) in [5.74, 6) is 0.869. The van der Waals surface area contributed by atoms with Crippen molar-refractivity contribution < 1.29 is 22.7 Å². The highest BCUT2D eigenvalue weighted by Gasteiger charge is 2.28. The molecule has 7 nitrogen and oxygen atoms in total. The van der Waals surface area contributed by atoms with Crippen molar-refractivity contribution in [2.75, 3.05) is 46.2 Å². The van der Waals surface area contributed by atoms with Gasteiger partial charge in [-0.2, -0.15) is 0 Å². The summed E-state index contributed by atoms with van der Waals surface area (Å²) < 4.78 is 35.8.